The van der Waals surface area contributed by atoms with Gasteiger partial charge in [0.25, 0.3) is 0 Å². The number of rotatable bonds is 1. The van der Waals surface area contributed by atoms with Crippen LogP contribution in [0, 0.1) is 0 Å². The number of primary amides is 1. The van der Waals surface area contributed by atoms with Gasteiger partial charge in [0.15, 0.2) is 0 Å². The van der Waals surface area contributed by atoms with Gasteiger partial charge in [-0.15, -0.1) is 0 Å². The standard InChI is InChI=1S/C11H14N2O/c1-11(2)9(10(12)14)7-5-3-4-6-8(7)13-11/h3-6,9,13H,1-2H3,(H2,12,14). The molecule has 0 saturated heterocycles. The summed E-state index contributed by atoms with van der Waals surface area (Å²) in [5.74, 6) is -0.508. The summed E-state index contributed by atoms with van der Waals surface area (Å²) in [4.78, 5) is 11.4. The number of fused-ring (bicyclic) bond motifs is 1. The summed E-state index contributed by atoms with van der Waals surface area (Å²) in [6.45, 7) is 3.98. The van der Waals surface area contributed by atoms with Crippen molar-refractivity contribution >= 4 is 11.6 Å². The molecule has 1 aliphatic heterocycles. The average Bonchev–Trinajstić information content (AvgIpc) is 2.33. The number of para-hydroxylation sites is 1. The molecule has 1 aromatic rings. The third-order valence-electron chi connectivity index (χ3n) is 2.73. The first-order chi connectivity index (χ1) is 6.52. The number of carbonyl (C=O) groups excluding carboxylic acids is 1. The zero-order valence-electron chi connectivity index (χ0n) is 8.37. The van der Waals surface area contributed by atoms with Crippen molar-refractivity contribution in [2.24, 2.45) is 5.73 Å². The first-order valence-electron chi connectivity index (χ1n) is 4.69. The molecule has 1 aromatic carbocycles. The van der Waals surface area contributed by atoms with E-state index in [-0.39, 0.29) is 17.4 Å². The molecule has 0 fully saturated rings. The van der Waals surface area contributed by atoms with Gasteiger partial charge < -0.3 is 11.1 Å². The minimum absolute atomic E-state index is 0.237. The van der Waals surface area contributed by atoms with Crippen LogP contribution in [-0.4, -0.2) is 11.4 Å². The second-order valence-corrected chi connectivity index (χ2v) is 4.27. The number of carbonyl (C=O) groups is 1. The molecule has 0 saturated carbocycles. The molecule has 14 heavy (non-hydrogen) atoms. The molecule has 0 radical (unpaired) electrons. The number of anilines is 1. The van der Waals surface area contributed by atoms with E-state index < -0.39 is 0 Å². The molecule has 1 heterocycles. The van der Waals surface area contributed by atoms with Gasteiger partial charge >= 0.3 is 0 Å². The lowest BCUT2D eigenvalue weighted by atomic mass is 9.85. The summed E-state index contributed by atoms with van der Waals surface area (Å²) in [5.41, 5.74) is 7.15. The Labute approximate surface area is 83.3 Å². The van der Waals surface area contributed by atoms with Gasteiger partial charge in [0, 0.05) is 11.2 Å². The Hall–Kier alpha value is -1.51. The van der Waals surface area contributed by atoms with E-state index in [9.17, 15) is 4.79 Å². The molecule has 74 valence electrons. The number of hydrogen-bond donors (Lipinski definition) is 2. The Kier molecular flexibility index (Phi) is 1.77. The van der Waals surface area contributed by atoms with Crippen LogP contribution in [0.2, 0.25) is 0 Å². The van der Waals surface area contributed by atoms with Crippen molar-refractivity contribution in [3.63, 3.8) is 0 Å². The van der Waals surface area contributed by atoms with Crippen LogP contribution in [0.5, 0.6) is 0 Å². The van der Waals surface area contributed by atoms with E-state index in [1.165, 1.54) is 0 Å². The molecular weight excluding hydrogens is 176 g/mol. The van der Waals surface area contributed by atoms with Crippen molar-refractivity contribution in [2.45, 2.75) is 25.3 Å². The fourth-order valence-electron chi connectivity index (χ4n) is 2.18. The third kappa shape index (κ3) is 1.16. The van der Waals surface area contributed by atoms with Gasteiger partial charge in [0.05, 0.1) is 5.92 Å². The van der Waals surface area contributed by atoms with Gasteiger partial charge in [-0.25, -0.2) is 0 Å². The predicted octanol–water partition coefficient (Wildman–Crippen LogP) is 1.46. The molecule has 3 nitrogen and oxygen atoms in total. The van der Waals surface area contributed by atoms with Crippen LogP contribution in [0.3, 0.4) is 0 Å². The van der Waals surface area contributed by atoms with E-state index in [0.717, 1.165) is 11.3 Å². The number of hydrogen-bond acceptors (Lipinski definition) is 2. The third-order valence-corrected chi connectivity index (χ3v) is 2.73. The molecule has 1 atom stereocenters. The largest absolute Gasteiger partial charge is 0.379 e. The molecule has 0 spiro atoms. The minimum Gasteiger partial charge on any atom is -0.379 e. The predicted molar refractivity (Wildman–Crippen MR) is 56.1 cm³/mol. The number of amides is 1. The van der Waals surface area contributed by atoms with E-state index in [0.29, 0.717) is 0 Å². The highest BCUT2D eigenvalue weighted by Crippen LogP contribution is 2.41. The molecule has 0 bridgehead atoms. The molecule has 2 rings (SSSR count). The van der Waals surface area contributed by atoms with Gasteiger partial charge in [-0.2, -0.15) is 0 Å². The van der Waals surface area contributed by atoms with Crippen molar-refractivity contribution in [2.75, 3.05) is 5.32 Å². The molecule has 1 amide bonds. The number of benzene rings is 1. The fourth-order valence-corrected chi connectivity index (χ4v) is 2.18. The Morgan fingerprint density at radius 1 is 1.43 bits per heavy atom. The summed E-state index contributed by atoms with van der Waals surface area (Å²) < 4.78 is 0. The maximum Gasteiger partial charge on any atom is 0.227 e. The second kappa shape index (κ2) is 2.74. The lowest BCUT2D eigenvalue weighted by Gasteiger charge is -2.25. The summed E-state index contributed by atoms with van der Waals surface area (Å²) in [5, 5.41) is 3.30. The molecule has 3 heteroatoms. The lowest BCUT2D eigenvalue weighted by Crippen LogP contribution is -2.39. The quantitative estimate of drug-likeness (QED) is 0.704. The van der Waals surface area contributed by atoms with Crippen molar-refractivity contribution in [3.8, 4) is 0 Å². The van der Waals surface area contributed by atoms with Gasteiger partial charge in [-0.1, -0.05) is 18.2 Å². The summed E-state index contributed by atoms with van der Waals surface area (Å²) >= 11 is 0. The maximum absolute atomic E-state index is 11.4. The lowest BCUT2D eigenvalue weighted by molar-refractivity contribution is -0.120. The van der Waals surface area contributed by atoms with Crippen LogP contribution < -0.4 is 11.1 Å². The van der Waals surface area contributed by atoms with Crippen LogP contribution in [0.25, 0.3) is 0 Å². The second-order valence-electron chi connectivity index (χ2n) is 4.27. The SMILES string of the molecule is CC1(C)Nc2ccccc2C1C(N)=O. The van der Waals surface area contributed by atoms with Crippen molar-refractivity contribution < 1.29 is 4.79 Å². The molecule has 1 unspecified atom stereocenters. The van der Waals surface area contributed by atoms with Crippen molar-refractivity contribution in [3.05, 3.63) is 29.8 Å². The summed E-state index contributed by atoms with van der Waals surface area (Å²) in [7, 11) is 0. The van der Waals surface area contributed by atoms with Crippen LogP contribution in [0.4, 0.5) is 5.69 Å². The first-order valence-corrected chi connectivity index (χ1v) is 4.69. The minimum atomic E-state index is -0.282. The highest BCUT2D eigenvalue weighted by atomic mass is 16.1. The van der Waals surface area contributed by atoms with Gasteiger partial charge in [0.1, 0.15) is 0 Å². The smallest absolute Gasteiger partial charge is 0.227 e. The van der Waals surface area contributed by atoms with Crippen LogP contribution in [0.1, 0.15) is 25.3 Å². The average molecular weight is 190 g/mol. The Morgan fingerprint density at radius 3 is 2.71 bits per heavy atom. The fraction of sp³-hybridized carbons (Fsp3) is 0.364. The number of nitrogens with one attached hydrogen (secondary N) is 1. The van der Waals surface area contributed by atoms with Crippen molar-refractivity contribution in [1.29, 1.82) is 0 Å². The Balaban J connectivity index is 2.53. The Bertz CT molecular complexity index is 385. The zero-order chi connectivity index (χ0) is 10.3. The number of nitrogens with two attached hydrogens (primary N) is 1. The van der Waals surface area contributed by atoms with E-state index >= 15 is 0 Å². The molecule has 3 N–H and O–H groups in total. The Morgan fingerprint density at radius 2 is 2.07 bits per heavy atom. The highest BCUT2D eigenvalue weighted by Gasteiger charge is 2.41. The molecule has 0 aromatic heterocycles. The first kappa shape index (κ1) is 9.06. The van der Waals surface area contributed by atoms with E-state index in [4.69, 9.17) is 5.73 Å². The van der Waals surface area contributed by atoms with Gasteiger partial charge in [-0.05, 0) is 25.5 Å². The van der Waals surface area contributed by atoms with Crippen LogP contribution in [0.15, 0.2) is 24.3 Å². The zero-order valence-corrected chi connectivity index (χ0v) is 8.37. The molecular formula is C11H14N2O. The van der Waals surface area contributed by atoms with E-state index in [1.54, 1.807) is 0 Å². The van der Waals surface area contributed by atoms with Crippen molar-refractivity contribution in [1.82, 2.24) is 0 Å². The maximum atomic E-state index is 11.4. The molecule has 1 aliphatic rings. The normalized spacial score (nSPS) is 22.6. The topological polar surface area (TPSA) is 55.1 Å². The van der Waals surface area contributed by atoms with Crippen LogP contribution in [-0.2, 0) is 4.79 Å². The summed E-state index contributed by atoms with van der Waals surface area (Å²) in [6.07, 6.45) is 0. The van der Waals surface area contributed by atoms with Gasteiger partial charge in [0.2, 0.25) is 5.91 Å². The monoisotopic (exact) mass is 190 g/mol. The van der Waals surface area contributed by atoms with Crippen LogP contribution >= 0.6 is 0 Å². The van der Waals surface area contributed by atoms with Gasteiger partial charge in [-0.3, -0.25) is 4.79 Å². The highest BCUT2D eigenvalue weighted by molar-refractivity contribution is 5.88. The van der Waals surface area contributed by atoms with E-state index in [1.807, 2.05) is 38.1 Å². The van der Waals surface area contributed by atoms with E-state index in [2.05, 4.69) is 5.32 Å². The summed E-state index contributed by atoms with van der Waals surface area (Å²) in [6, 6.07) is 7.80. The molecule has 0 aliphatic carbocycles.